The second-order valence-corrected chi connectivity index (χ2v) is 3.15. The third-order valence-electron chi connectivity index (χ3n) is 1.56. The molecule has 13 heavy (non-hydrogen) atoms. The first-order chi connectivity index (χ1) is 6.19. The number of hydrogen-bond acceptors (Lipinski definition) is 2. The van der Waals surface area contributed by atoms with Gasteiger partial charge in [-0.25, -0.2) is 8.78 Å². The van der Waals surface area contributed by atoms with Crippen LogP contribution in [0, 0.1) is 11.6 Å². The number of rotatable bonds is 1. The average molecular weight is 201 g/mol. The molecular formula is C9H9F2NS. The minimum absolute atomic E-state index is 0.218. The van der Waals surface area contributed by atoms with Crippen LogP contribution >= 0.6 is 11.8 Å². The van der Waals surface area contributed by atoms with Gasteiger partial charge in [-0.1, -0.05) is 0 Å². The lowest BCUT2D eigenvalue weighted by molar-refractivity contribution is 0.598. The van der Waals surface area contributed by atoms with Gasteiger partial charge in [0.25, 0.3) is 0 Å². The smallest absolute Gasteiger partial charge is 0.133 e. The number of aliphatic imine (C=N–C) groups is 1. The molecule has 0 N–H and O–H groups in total. The van der Waals surface area contributed by atoms with E-state index in [0.717, 1.165) is 18.2 Å². The van der Waals surface area contributed by atoms with Crippen molar-refractivity contribution in [1.82, 2.24) is 0 Å². The van der Waals surface area contributed by atoms with Gasteiger partial charge in [0.2, 0.25) is 0 Å². The molecule has 0 bridgehead atoms. The summed E-state index contributed by atoms with van der Waals surface area (Å²) in [7, 11) is 1.55. The van der Waals surface area contributed by atoms with Crippen molar-refractivity contribution in [3.63, 3.8) is 0 Å². The molecule has 0 atom stereocenters. The molecule has 1 aromatic carbocycles. The lowest BCUT2D eigenvalue weighted by Crippen LogP contribution is -1.99. The summed E-state index contributed by atoms with van der Waals surface area (Å²) < 4.78 is 25.9. The first kappa shape index (κ1) is 10.2. The Labute approximate surface area is 79.9 Å². The minimum atomic E-state index is -0.452. The fourth-order valence-corrected chi connectivity index (χ4v) is 1.54. The summed E-state index contributed by atoms with van der Waals surface area (Å²) in [4.78, 5) is 3.85. The van der Waals surface area contributed by atoms with Gasteiger partial charge in [-0.2, -0.15) is 0 Å². The first-order valence-corrected chi connectivity index (χ1v) is 4.87. The van der Waals surface area contributed by atoms with Crippen molar-refractivity contribution in [2.45, 2.75) is 0 Å². The average Bonchev–Trinajstić information content (AvgIpc) is 2.13. The maximum absolute atomic E-state index is 13.1. The molecular weight excluding hydrogens is 192 g/mol. The van der Waals surface area contributed by atoms with Gasteiger partial charge in [-0.3, -0.25) is 4.99 Å². The van der Waals surface area contributed by atoms with Crippen molar-refractivity contribution in [1.29, 1.82) is 0 Å². The standard InChI is InChI=1S/C9H9F2NS/c1-12-9(13-2)7-5-6(10)3-4-8(7)11/h3-5H,1-2H3. The third-order valence-corrected chi connectivity index (χ3v) is 2.34. The fraction of sp³-hybridized carbons (Fsp3) is 0.222. The van der Waals surface area contributed by atoms with E-state index in [0.29, 0.717) is 5.04 Å². The van der Waals surface area contributed by atoms with Crippen LogP contribution in [0.5, 0.6) is 0 Å². The van der Waals surface area contributed by atoms with Crippen molar-refractivity contribution in [3.8, 4) is 0 Å². The highest BCUT2D eigenvalue weighted by Gasteiger charge is 2.08. The molecule has 70 valence electrons. The Balaban J connectivity index is 3.19. The quantitative estimate of drug-likeness (QED) is 0.502. The van der Waals surface area contributed by atoms with Crippen LogP contribution in [-0.4, -0.2) is 18.3 Å². The van der Waals surface area contributed by atoms with Crippen molar-refractivity contribution in [2.75, 3.05) is 13.3 Å². The number of nitrogens with zero attached hydrogens (tertiary/aromatic N) is 1. The Morgan fingerprint density at radius 1 is 1.38 bits per heavy atom. The molecule has 0 aliphatic carbocycles. The molecule has 1 nitrogen and oxygen atoms in total. The van der Waals surface area contributed by atoms with Gasteiger partial charge in [0.05, 0.1) is 0 Å². The van der Waals surface area contributed by atoms with Gasteiger partial charge in [0, 0.05) is 12.6 Å². The Kier molecular flexibility index (Phi) is 3.42. The van der Waals surface area contributed by atoms with Gasteiger partial charge in [0.15, 0.2) is 0 Å². The lowest BCUT2D eigenvalue weighted by atomic mass is 10.2. The minimum Gasteiger partial charge on any atom is -0.281 e. The monoisotopic (exact) mass is 201 g/mol. The van der Waals surface area contributed by atoms with E-state index in [1.807, 2.05) is 0 Å². The lowest BCUT2D eigenvalue weighted by Gasteiger charge is -2.03. The molecule has 0 heterocycles. The largest absolute Gasteiger partial charge is 0.281 e. The molecule has 0 spiro atoms. The van der Waals surface area contributed by atoms with E-state index in [4.69, 9.17) is 0 Å². The SMILES string of the molecule is CN=C(SC)c1cc(F)ccc1F. The molecule has 0 saturated heterocycles. The van der Waals surface area contributed by atoms with Crippen molar-refractivity contribution in [3.05, 3.63) is 35.4 Å². The van der Waals surface area contributed by atoms with Crippen LogP contribution in [0.4, 0.5) is 8.78 Å². The van der Waals surface area contributed by atoms with Gasteiger partial charge in [-0.15, -0.1) is 11.8 Å². The molecule has 0 aliphatic heterocycles. The van der Waals surface area contributed by atoms with E-state index in [1.165, 1.54) is 11.8 Å². The number of halogens is 2. The van der Waals surface area contributed by atoms with Crippen LogP contribution in [0.15, 0.2) is 23.2 Å². The van der Waals surface area contributed by atoms with E-state index in [1.54, 1.807) is 13.3 Å². The predicted molar refractivity (Wildman–Crippen MR) is 52.3 cm³/mol. The van der Waals surface area contributed by atoms with E-state index < -0.39 is 11.6 Å². The maximum Gasteiger partial charge on any atom is 0.133 e. The van der Waals surface area contributed by atoms with Gasteiger partial charge in [-0.05, 0) is 24.5 Å². The Hall–Kier alpha value is -0.900. The second kappa shape index (κ2) is 4.37. The molecule has 1 aromatic rings. The van der Waals surface area contributed by atoms with Crippen LogP contribution in [0.3, 0.4) is 0 Å². The van der Waals surface area contributed by atoms with Gasteiger partial charge < -0.3 is 0 Å². The Morgan fingerprint density at radius 2 is 2.08 bits per heavy atom. The molecule has 0 aliphatic rings. The third kappa shape index (κ3) is 2.28. The van der Waals surface area contributed by atoms with E-state index >= 15 is 0 Å². The van der Waals surface area contributed by atoms with Gasteiger partial charge >= 0.3 is 0 Å². The molecule has 1 rings (SSSR count). The number of benzene rings is 1. The predicted octanol–water partition coefficient (Wildman–Crippen LogP) is 2.70. The first-order valence-electron chi connectivity index (χ1n) is 3.65. The summed E-state index contributed by atoms with van der Waals surface area (Å²) in [5.41, 5.74) is 0.218. The van der Waals surface area contributed by atoms with E-state index in [2.05, 4.69) is 4.99 Å². The van der Waals surface area contributed by atoms with Crippen LogP contribution in [-0.2, 0) is 0 Å². The fourth-order valence-electron chi connectivity index (χ4n) is 0.983. The molecule has 0 saturated carbocycles. The molecule has 4 heteroatoms. The van der Waals surface area contributed by atoms with E-state index in [9.17, 15) is 8.78 Å². The highest BCUT2D eigenvalue weighted by atomic mass is 32.2. The summed E-state index contributed by atoms with van der Waals surface area (Å²) in [6, 6.07) is 3.34. The zero-order chi connectivity index (χ0) is 9.84. The molecule has 0 amide bonds. The summed E-state index contributed by atoms with van der Waals surface area (Å²) in [5.74, 6) is -0.900. The number of thioether (sulfide) groups is 1. The van der Waals surface area contributed by atoms with Crippen molar-refractivity contribution < 1.29 is 8.78 Å². The molecule has 0 radical (unpaired) electrons. The maximum atomic E-state index is 13.1. The zero-order valence-corrected chi connectivity index (χ0v) is 8.16. The topological polar surface area (TPSA) is 12.4 Å². The second-order valence-electron chi connectivity index (χ2n) is 2.36. The summed E-state index contributed by atoms with van der Waals surface area (Å²) in [6.45, 7) is 0. The molecule has 0 aromatic heterocycles. The summed E-state index contributed by atoms with van der Waals surface area (Å²) in [5, 5.41) is 0.497. The van der Waals surface area contributed by atoms with Crippen molar-refractivity contribution >= 4 is 16.8 Å². The van der Waals surface area contributed by atoms with Crippen LogP contribution in [0.2, 0.25) is 0 Å². The highest BCUT2D eigenvalue weighted by Crippen LogP contribution is 2.16. The normalized spacial score (nSPS) is 11.8. The summed E-state index contributed by atoms with van der Waals surface area (Å²) >= 11 is 1.29. The molecule has 0 fully saturated rings. The van der Waals surface area contributed by atoms with Gasteiger partial charge in [0.1, 0.15) is 16.7 Å². The summed E-state index contributed by atoms with van der Waals surface area (Å²) in [6.07, 6.45) is 1.77. The number of hydrogen-bond donors (Lipinski definition) is 0. The Bertz CT molecular complexity index is 336. The van der Waals surface area contributed by atoms with Crippen LogP contribution in [0.25, 0.3) is 0 Å². The zero-order valence-electron chi connectivity index (χ0n) is 7.34. The van der Waals surface area contributed by atoms with Crippen LogP contribution in [0.1, 0.15) is 5.56 Å². The molecule has 0 unspecified atom stereocenters. The van der Waals surface area contributed by atoms with Crippen LogP contribution < -0.4 is 0 Å². The Morgan fingerprint density at radius 3 is 2.62 bits per heavy atom. The van der Waals surface area contributed by atoms with Crippen molar-refractivity contribution in [2.24, 2.45) is 4.99 Å². The highest BCUT2D eigenvalue weighted by molar-refractivity contribution is 8.13. The van der Waals surface area contributed by atoms with E-state index in [-0.39, 0.29) is 5.56 Å².